The van der Waals surface area contributed by atoms with Crippen LogP contribution in [0.5, 0.6) is 0 Å². The highest BCUT2D eigenvalue weighted by Gasteiger charge is 2.10. The third-order valence-electron chi connectivity index (χ3n) is 1.85. The zero-order valence-electron chi connectivity index (χ0n) is 7.98. The largest absolute Gasteiger partial charge is 0.397 e. The lowest BCUT2D eigenvalue weighted by Gasteiger charge is -2.06. The predicted molar refractivity (Wildman–Crippen MR) is 63.7 cm³/mol. The molecule has 0 unspecified atom stereocenters. The number of hydrogen-bond donors (Lipinski definition) is 2. The number of anilines is 2. The Bertz CT molecular complexity index is 514. The molecule has 0 aliphatic carbocycles. The molecule has 0 bridgehead atoms. The maximum Gasteiger partial charge on any atom is 0.277 e. The maximum absolute atomic E-state index is 11.6. The third-order valence-corrected chi connectivity index (χ3v) is 2.59. The Morgan fingerprint density at radius 2 is 2.31 bits per heavy atom. The van der Waals surface area contributed by atoms with Crippen molar-refractivity contribution in [3.05, 3.63) is 34.3 Å². The monoisotopic (exact) mass is 254 g/mol. The van der Waals surface area contributed by atoms with Crippen molar-refractivity contribution >= 4 is 40.4 Å². The number of rotatable bonds is 2. The average Bonchev–Trinajstić information content (AvgIpc) is 2.75. The van der Waals surface area contributed by atoms with Gasteiger partial charge in [0.1, 0.15) is 0 Å². The first-order chi connectivity index (χ1) is 7.66. The lowest BCUT2D eigenvalue weighted by atomic mass is 10.2. The van der Waals surface area contributed by atoms with Crippen LogP contribution in [0.15, 0.2) is 23.6 Å². The molecule has 0 fully saturated rings. The number of halogens is 1. The van der Waals surface area contributed by atoms with Gasteiger partial charge < -0.3 is 11.1 Å². The summed E-state index contributed by atoms with van der Waals surface area (Å²) < 4.78 is 3.60. The summed E-state index contributed by atoms with van der Waals surface area (Å²) in [5.41, 5.74) is 6.86. The zero-order chi connectivity index (χ0) is 11.5. The van der Waals surface area contributed by atoms with E-state index in [1.54, 1.807) is 23.6 Å². The topological polar surface area (TPSA) is 80.9 Å². The van der Waals surface area contributed by atoms with Gasteiger partial charge >= 0.3 is 0 Å². The minimum absolute atomic E-state index is 0.263. The average molecular weight is 255 g/mol. The number of nitrogens with two attached hydrogens (primary N) is 1. The molecule has 2 aromatic rings. The van der Waals surface area contributed by atoms with E-state index in [4.69, 9.17) is 17.3 Å². The van der Waals surface area contributed by atoms with Gasteiger partial charge in [0.05, 0.1) is 11.4 Å². The Morgan fingerprint density at radius 1 is 1.50 bits per heavy atom. The molecule has 5 nitrogen and oxygen atoms in total. The van der Waals surface area contributed by atoms with Crippen LogP contribution in [0, 0.1) is 0 Å². The van der Waals surface area contributed by atoms with Gasteiger partial charge in [0.15, 0.2) is 5.69 Å². The Kier molecular flexibility index (Phi) is 3.02. The van der Waals surface area contributed by atoms with Crippen LogP contribution >= 0.6 is 23.1 Å². The standard InChI is InChI=1S/C9H7ClN4OS/c10-5-1-2-7(6(11)3-5)12-9(15)8-4-16-14-13-8/h1-4H,11H2,(H,12,15). The highest BCUT2D eigenvalue weighted by Crippen LogP contribution is 2.22. The number of carbonyl (C=O) groups is 1. The lowest BCUT2D eigenvalue weighted by Crippen LogP contribution is -2.13. The molecular formula is C9H7ClN4OS. The molecule has 0 aliphatic rings. The Balaban J connectivity index is 2.18. The Morgan fingerprint density at radius 3 is 2.94 bits per heavy atom. The van der Waals surface area contributed by atoms with Gasteiger partial charge in [-0.05, 0) is 29.7 Å². The van der Waals surface area contributed by atoms with Crippen LogP contribution < -0.4 is 11.1 Å². The van der Waals surface area contributed by atoms with E-state index in [0.717, 1.165) is 11.5 Å². The van der Waals surface area contributed by atoms with E-state index in [-0.39, 0.29) is 11.6 Å². The predicted octanol–water partition coefficient (Wildman–Crippen LogP) is 2.03. The molecule has 7 heteroatoms. The fraction of sp³-hybridized carbons (Fsp3) is 0. The summed E-state index contributed by atoms with van der Waals surface area (Å²) in [7, 11) is 0. The molecule has 0 aliphatic heterocycles. The SMILES string of the molecule is Nc1cc(Cl)ccc1NC(=O)c1csnn1. The molecule has 1 amide bonds. The van der Waals surface area contributed by atoms with Gasteiger partial charge in [-0.15, -0.1) is 5.10 Å². The van der Waals surface area contributed by atoms with E-state index in [9.17, 15) is 4.79 Å². The second-order valence-electron chi connectivity index (χ2n) is 2.98. The van der Waals surface area contributed by atoms with Crippen LogP contribution in [-0.4, -0.2) is 15.5 Å². The van der Waals surface area contributed by atoms with Crippen molar-refractivity contribution in [1.82, 2.24) is 9.59 Å². The quantitative estimate of drug-likeness (QED) is 0.804. The number of nitrogen functional groups attached to an aromatic ring is 1. The summed E-state index contributed by atoms with van der Waals surface area (Å²) in [6.45, 7) is 0. The first kappa shape index (κ1) is 10.8. The van der Waals surface area contributed by atoms with Crippen LogP contribution in [0.25, 0.3) is 0 Å². The summed E-state index contributed by atoms with van der Waals surface area (Å²) in [6.07, 6.45) is 0. The molecule has 0 saturated heterocycles. The third kappa shape index (κ3) is 2.29. The molecule has 0 radical (unpaired) electrons. The number of nitrogens with zero attached hydrogens (tertiary/aromatic N) is 2. The number of aromatic nitrogens is 2. The molecular weight excluding hydrogens is 248 g/mol. The van der Waals surface area contributed by atoms with E-state index in [1.807, 2.05) is 0 Å². The van der Waals surface area contributed by atoms with Gasteiger partial charge in [-0.25, -0.2) is 0 Å². The maximum atomic E-state index is 11.6. The highest BCUT2D eigenvalue weighted by molar-refractivity contribution is 7.03. The number of benzene rings is 1. The van der Waals surface area contributed by atoms with Crippen LogP contribution in [0.3, 0.4) is 0 Å². The molecule has 1 aromatic carbocycles. The molecule has 82 valence electrons. The molecule has 3 N–H and O–H groups in total. The fourth-order valence-electron chi connectivity index (χ4n) is 1.10. The molecule has 0 saturated carbocycles. The normalized spacial score (nSPS) is 10.1. The summed E-state index contributed by atoms with van der Waals surface area (Å²) in [6, 6.07) is 4.85. The summed E-state index contributed by atoms with van der Waals surface area (Å²) in [4.78, 5) is 11.6. The van der Waals surface area contributed by atoms with Crippen molar-refractivity contribution in [3.8, 4) is 0 Å². The molecule has 16 heavy (non-hydrogen) atoms. The molecule has 1 heterocycles. The summed E-state index contributed by atoms with van der Waals surface area (Å²) >= 11 is 6.85. The van der Waals surface area contributed by atoms with Gasteiger partial charge in [-0.3, -0.25) is 4.79 Å². The van der Waals surface area contributed by atoms with Crippen molar-refractivity contribution in [3.63, 3.8) is 0 Å². The number of nitrogens with one attached hydrogen (secondary N) is 1. The van der Waals surface area contributed by atoms with E-state index >= 15 is 0 Å². The van der Waals surface area contributed by atoms with Gasteiger partial charge in [0, 0.05) is 10.4 Å². The Hall–Kier alpha value is -1.66. The molecule has 0 atom stereocenters. The second-order valence-corrected chi connectivity index (χ2v) is 4.02. The van der Waals surface area contributed by atoms with Crippen molar-refractivity contribution in [1.29, 1.82) is 0 Å². The number of amides is 1. The first-order valence-electron chi connectivity index (χ1n) is 4.30. The van der Waals surface area contributed by atoms with Crippen molar-refractivity contribution in [2.75, 3.05) is 11.1 Å². The van der Waals surface area contributed by atoms with E-state index in [1.165, 1.54) is 0 Å². The minimum atomic E-state index is -0.345. The van der Waals surface area contributed by atoms with Crippen molar-refractivity contribution < 1.29 is 4.79 Å². The second kappa shape index (κ2) is 4.46. The van der Waals surface area contributed by atoms with Gasteiger partial charge in [0.25, 0.3) is 5.91 Å². The summed E-state index contributed by atoms with van der Waals surface area (Å²) in [5.74, 6) is -0.345. The zero-order valence-corrected chi connectivity index (χ0v) is 9.55. The highest BCUT2D eigenvalue weighted by atomic mass is 35.5. The Labute approximate surface area is 100 Å². The van der Waals surface area contributed by atoms with Crippen molar-refractivity contribution in [2.45, 2.75) is 0 Å². The number of hydrogen-bond acceptors (Lipinski definition) is 5. The van der Waals surface area contributed by atoms with Gasteiger partial charge in [-0.2, -0.15) is 0 Å². The first-order valence-corrected chi connectivity index (χ1v) is 5.51. The summed E-state index contributed by atoms with van der Waals surface area (Å²) in [5, 5.41) is 8.35. The fourth-order valence-corrected chi connectivity index (χ4v) is 1.71. The smallest absolute Gasteiger partial charge is 0.277 e. The van der Waals surface area contributed by atoms with Crippen LogP contribution in [0.4, 0.5) is 11.4 Å². The van der Waals surface area contributed by atoms with Crippen molar-refractivity contribution in [2.24, 2.45) is 0 Å². The minimum Gasteiger partial charge on any atom is -0.397 e. The van der Waals surface area contributed by atoms with Gasteiger partial charge in [-0.1, -0.05) is 16.1 Å². The molecule has 2 rings (SSSR count). The van der Waals surface area contributed by atoms with E-state index < -0.39 is 0 Å². The van der Waals surface area contributed by atoms with E-state index in [0.29, 0.717) is 16.4 Å². The molecule has 1 aromatic heterocycles. The van der Waals surface area contributed by atoms with E-state index in [2.05, 4.69) is 14.9 Å². The number of carbonyl (C=O) groups excluding carboxylic acids is 1. The van der Waals surface area contributed by atoms with Crippen LogP contribution in [0.2, 0.25) is 5.02 Å². The molecule has 0 spiro atoms. The lowest BCUT2D eigenvalue weighted by molar-refractivity contribution is 0.102. The van der Waals surface area contributed by atoms with Crippen LogP contribution in [0.1, 0.15) is 10.5 Å². The van der Waals surface area contributed by atoms with Crippen LogP contribution in [-0.2, 0) is 0 Å². The van der Waals surface area contributed by atoms with Gasteiger partial charge in [0.2, 0.25) is 0 Å².